The summed E-state index contributed by atoms with van der Waals surface area (Å²) >= 11 is 9.01. The average Bonchev–Trinajstić information content (AvgIpc) is 2.21. The Kier molecular flexibility index (Phi) is 2.82. The Balaban J connectivity index is 2.84. The number of hydrogen-bond donors (Lipinski definition) is 1. The van der Waals surface area contributed by atoms with Gasteiger partial charge in [0.2, 0.25) is 0 Å². The molecular formula is C10H5BrClFN2O. The Labute approximate surface area is 104 Å². The number of aromatic nitrogens is 1. The minimum absolute atomic E-state index is 0.118. The first kappa shape index (κ1) is 11.3. The molecule has 2 rings (SSSR count). The third kappa shape index (κ3) is 1.76. The van der Waals surface area contributed by atoms with E-state index in [0.29, 0.717) is 10.9 Å². The van der Waals surface area contributed by atoms with Gasteiger partial charge in [0.1, 0.15) is 5.82 Å². The SMILES string of the molecule is NC(=O)c1cnc2cc(F)c(Br)cc2c1Cl. The fourth-order valence-corrected chi connectivity index (χ4v) is 1.96. The molecule has 0 saturated heterocycles. The molecule has 16 heavy (non-hydrogen) atoms. The summed E-state index contributed by atoms with van der Waals surface area (Å²) in [5.74, 6) is -1.11. The molecule has 1 aromatic carbocycles. The van der Waals surface area contributed by atoms with E-state index in [0.717, 1.165) is 0 Å². The van der Waals surface area contributed by atoms with Crippen molar-refractivity contribution in [2.24, 2.45) is 5.73 Å². The van der Waals surface area contributed by atoms with Gasteiger partial charge in [-0.3, -0.25) is 9.78 Å². The van der Waals surface area contributed by atoms with Gasteiger partial charge in [0.05, 0.1) is 20.6 Å². The van der Waals surface area contributed by atoms with Crippen LogP contribution in [0.25, 0.3) is 10.9 Å². The van der Waals surface area contributed by atoms with Crippen molar-refractivity contribution in [1.29, 1.82) is 0 Å². The van der Waals surface area contributed by atoms with Crippen LogP contribution in [0.1, 0.15) is 10.4 Å². The summed E-state index contributed by atoms with van der Waals surface area (Å²) in [6, 6.07) is 2.70. The molecule has 2 aromatic rings. The number of halogens is 3. The number of amides is 1. The fourth-order valence-electron chi connectivity index (χ4n) is 1.33. The summed E-state index contributed by atoms with van der Waals surface area (Å²) in [6.45, 7) is 0. The van der Waals surface area contributed by atoms with Crippen molar-refractivity contribution in [3.05, 3.63) is 39.2 Å². The summed E-state index contributed by atoms with van der Waals surface area (Å²) in [4.78, 5) is 14.9. The molecule has 82 valence electrons. The first-order chi connectivity index (χ1) is 7.50. The average molecular weight is 304 g/mol. The lowest BCUT2D eigenvalue weighted by Crippen LogP contribution is -2.12. The first-order valence-electron chi connectivity index (χ1n) is 4.23. The number of nitrogens with two attached hydrogens (primary N) is 1. The maximum absolute atomic E-state index is 13.2. The Morgan fingerprint density at radius 1 is 1.50 bits per heavy atom. The molecule has 0 aliphatic rings. The fraction of sp³-hybridized carbons (Fsp3) is 0. The van der Waals surface area contributed by atoms with E-state index < -0.39 is 11.7 Å². The zero-order valence-electron chi connectivity index (χ0n) is 7.80. The lowest BCUT2D eigenvalue weighted by Gasteiger charge is -2.05. The van der Waals surface area contributed by atoms with Crippen LogP contribution in [0.4, 0.5) is 4.39 Å². The van der Waals surface area contributed by atoms with Gasteiger partial charge in [0, 0.05) is 17.6 Å². The van der Waals surface area contributed by atoms with Crippen molar-refractivity contribution >= 4 is 44.3 Å². The highest BCUT2D eigenvalue weighted by Crippen LogP contribution is 2.29. The third-order valence-corrected chi connectivity index (χ3v) is 3.12. The minimum Gasteiger partial charge on any atom is -0.366 e. The third-order valence-electron chi connectivity index (χ3n) is 2.11. The van der Waals surface area contributed by atoms with E-state index in [-0.39, 0.29) is 15.1 Å². The number of carbonyl (C=O) groups is 1. The van der Waals surface area contributed by atoms with E-state index in [1.54, 1.807) is 0 Å². The van der Waals surface area contributed by atoms with E-state index in [1.807, 2.05) is 0 Å². The number of fused-ring (bicyclic) bond motifs is 1. The molecule has 0 radical (unpaired) electrons. The van der Waals surface area contributed by atoms with Gasteiger partial charge in [0.25, 0.3) is 5.91 Å². The number of carbonyl (C=O) groups excluding carboxylic acids is 1. The number of nitrogens with zero attached hydrogens (tertiary/aromatic N) is 1. The zero-order chi connectivity index (χ0) is 11.9. The lowest BCUT2D eigenvalue weighted by molar-refractivity contribution is 0.100. The maximum atomic E-state index is 13.2. The summed E-state index contributed by atoms with van der Waals surface area (Å²) in [7, 11) is 0. The van der Waals surface area contributed by atoms with Crippen molar-refractivity contribution < 1.29 is 9.18 Å². The standard InChI is InChI=1S/C10H5BrClFN2O/c11-6-1-4-8(2-7(6)13)15-3-5(9(4)12)10(14)16/h1-3H,(H2,14,16). The molecule has 0 unspecified atom stereocenters. The number of pyridine rings is 1. The molecule has 0 aliphatic heterocycles. The van der Waals surface area contributed by atoms with Gasteiger partial charge in [0.15, 0.2) is 0 Å². The molecule has 0 aliphatic carbocycles. The van der Waals surface area contributed by atoms with E-state index in [2.05, 4.69) is 20.9 Å². The smallest absolute Gasteiger partial charge is 0.251 e. The Morgan fingerprint density at radius 3 is 2.81 bits per heavy atom. The van der Waals surface area contributed by atoms with Crippen LogP contribution >= 0.6 is 27.5 Å². The van der Waals surface area contributed by atoms with E-state index in [4.69, 9.17) is 17.3 Å². The van der Waals surface area contributed by atoms with Gasteiger partial charge in [-0.05, 0) is 22.0 Å². The van der Waals surface area contributed by atoms with Gasteiger partial charge < -0.3 is 5.73 Å². The molecule has 0 saturated carbocycles. The van der Waals surface area contributed by atoms with Gasteiger partial charge in [-0.25, -0.2) is 4.39 Å². The Morgan fingerprint density at radius 2 is 2.19 bits per heavy atom. The van der Waals surface area contributed by atoms with Crippen LogP contribution in [0.15, 0.2) is 22.8 Å². The van der Waals surface area contributed by atoms with Crippen LogP contribution < -0.4 is 5.73 Å². The number of rotatable bonds is 1. The largest absolute Gasteiger partial charge is 0.366 e. The molecule has 2 N–H and O–H groups in total. The van der Waals surface area contributed by atoms with Crippen LogP contribution in [0, 0.1) is 5.82 Å². The van der Waals surface area contributed by atoms with E-state index in [9.17, 15) is 9.18 Å². The minimum atomic E-state index is -0.667. The molecule has 0 atom stereocenters. The van der Waals surface area contributed by atoms with E-state index in [1.165, 1.54) is 18.3 Å². The summed E-state index contributed by atoms with van der Waals surface area (Å²) < 4.78 is 13.5. The first-order valence-corrected chi connectivity index (χ1v) is 5.41. The van der Waals surface area contributed by atoms with Gasteiger partial charge in [-0.15, -0.1) is 0 Å². The topological polar surface area (TPSA) is 56.0 Å². The second kappa shape index (κ2) is 3.99. The van der Waals surface area contributed by atoms with Crippen molar-refractivity contribution in [3.63, 3.8) is 0 Å². The van der Waals surface area contributed by atoms with Gasteiger partial charge in [-0.2, -0.15) is 0 Å². The highest BCUT2D eigenvalue weighted by atomic mass is 79.9. The molecule has 6 heteroatoms. The van der Waals surface area contributed by atoms with Crippen LogP contribution in [-0.2, 0) is 0 Å². The predicted octanol–water partition coefficient (Wildman–Crippen LogP) is 2.89. The lowest BCUT2D eigenvalue weighted by atomic mass is 10.1. The van der Waals surface area contributed by atoms with Gasteiger partial charge >= 0.3 is 0 Å². The molecule has 3 nitrogen and oxygen atoms in total. The maximum Gasteiger partial charge on any atom is 0.251 e. The summed E-state index contributed by atoms with van der Waals surface area (Å²) in [5.41, 5.74) is 5.61. The van der Waals surface area contributed by atoms with Crippen molar-refractivity contribution in [3.8, 4) is 0 Å². The monoisotopic (exact) mass is 302 g/mol. The van der Waals surface area contributed by atoms with E-state index >= 15 is 0 Å². The predicted molar refractivity (Wildman–Crippen MR) is 62.9 cm³/mol. The Hall–Kier alpha value is -1.20. The van der Waals surface area contributed by atoms with Crippen molar-refractivity contribution in [2.75, 3.05) is 0 Å². The second-order valence-electron chi connectivity index (χ2n) is 3.13. The number of primary amides is 1. The highest BCUT2D eigenvalue weighted by Gasteiger charge is 2.13. The van der Waals surface area contributed by atoms with Crippen LogP contribution in [0.3, 0.4) is 0 Å². The molecular weight excluding hydrogens is 298 g/mol. The number of benzene rings is 1. The summed E-state index contributed by atoms with van der Waals surface area (Å²) in [5, 5.41) is 0.657. The number of hydrogen-bond acceptors (Lipinski definition) is 2. The Bertz CT molecular complexity index is 603. The van der Waals surface area contributed by atoms with Crippen molar-refractivity contribution in [2.45, 2.75) is 0 Å². The van der Waals surface area contributed by atoms with Crippen molar-refractivity contribution in [1.82, 2.24) is 4.98 Å². The zero-order valence-corrected chi connectivity index (χ0v) is 10.1. The summed E-state index contributed by atoms with van der Waals surface area (Å²) in [6.07, 6.45) is 1.24. The molecule has 0 bridgehead atoms. The molecule has 1 heterocycles. The molecule has 0 fully saturated rings. The van der Waals surface area contributed by atoms with Crippen LogP contribution in [0.5, 0.6) is 0 Å². The van der Waals surface area contributed by atoms with Gasteiger partial charge in [-0.1, -0.05) is 11.6 Å². The van der Waals surface area contributed by atoms with Crippen LogP contribution in [0.2, 0.25) is 5.02 Å². The molecule has 1 aromatic heterocycles. The highest BCUT2D eigenvalue weighted by molar-refractivity contribution is 9.10. The second-order valence-corrected chi connectivity index (χ2v) is 4.37. The van der Waals surface area contributed by atoms with Crippen LogP contribution in [-0.4, -0.2) is 10.9 Å². The molecule has 1 amide bonds. The molecule has 0 spiro atoms. The normalized spacial score (nSPS) is 10.7. The quantitative estimate of drug-likeness (QED) is 0.880.